The Morgan fingerprint density at radius 3 is 2.67 bits per heavy atom. The molecule has 4 rings (SSSR count). The quantitative estimate of drug-likeness (QED) is 0.483. The standard InChI is InChI=1S/C21H18BrN3O2/c1-13-19(20(22)14(2)27-13)21(26)24-18-10-11-23-25(18)12-16-8-5-7-15-6-3-4-9-17(15)16/h3-11H,12H2,1-2H3,(H,24,26). The maximum atomic E-state index is 12.7. The molecule has 136 valence electrons. The number of furan rings is 1. The summed E-state index contributed by atoms with van der Waals surface area (Å²) in [6.07, 6.45) is 1.68. The van der Waals surface area contributed by atoms with Gasteiger partial charge in [0, 0.05) is 6.07 Å². The second-order valence-electron chi connectivity index (χ2n) is 6.37. The largest absolute Gasteiger partial charge is 0.465 e. The van der Waals surface area contributed by atoms with Crippen LogP contribution in [0.5, 0.6) is 0 Å². The van der Waals surface area contributed by atoms with Gasteiger partial charge < -0.3 is 9.73 Å². The SMILES string of the molecule is Cc1oc(C)c(C(=O)Nc2ccnn2Cc2cccc3ccccc23)c1Br. The predicted molar refractivity (Wildman–Crippen MR) is 109 cm³/mol. The van der Waals surface area contributed by atoms with Crippen LogP contribution in [0, 0.1) is 13.8 Å². The summed E-state index contributed by atoms with van der Waals surface area (Å²) in [5, 5.41) is 9.68. The average Bonchev–Trinajstić information content (AvgIpc) is 3.19. The summed E-state index contributed by atoms with van der Waals surface area (Å²) >= 11 is 3.43. The van der Waals surface area contributed by atoms with Crippen LogP contribution in [0.15, 0.2) is 63.6 Å². The highest BCUT2D eigenvalue weighted by atomic mass is 79.9. The van der Waals surface area contributed by atoms with Crippen molar-refractivity contribution in [2.45, 2.75) is 20.4 Å². The number of hydrogen-bond donors (Lipinski definition) is 1. The summed E-state index contributed by atoms with van der Waals surface area (Å²) < 4.78 is 8.00. The number of nitrogens with zero attached hydrogens (tertiary/aromatic N) is 2. The van der Waals surface area contributed by atoms with Gasteiger partial charge in [-0.3, -0.25) is 4.79 Å². The third kappa shape index (κ3) is 3.28. The van der Waals surface area contributed by atoms with Crippen LogP contribution >= 0.6 is 15.9 Å². The van der Waals surface area contributed by atoms with E-state index >= 15 is 0 Å². The maximum Gasteiger partial charge on any atom is 0.261 e. The van der Waals surface area contributed by atoms with Crippen molar-refractivity contribution in [3.8, 4) is 0 Å². The fourth-order valence-corrected chi connectivity index (χ4v) is 3.79. The maximum absolute atomic E-state index is 12.7. The molecule has 0 bridgehead atoms. The smallest absolute Gasteiger partial charge is 0.261 e. The van der Waals surface area contributed by atoms with E-state index in [1.807, 2.05) is 25.1 Å². The molecule has 0 aliphatic rings. The van der Waals surface area contributed by atoms with E-state index in [4.69, 9.17) is 4.42 Å². The summed E-state index contributed by atoms with van der Waals surface area (Å²) in [7, 11) is 0. The van der Waals surface area contributed by atoms with Crippen LogP contribution < -0.4 is 5.32 Å². The Balaban J connectivity index is 1.62. The monoisotopic (exact) mass is 423 g/mol. The first-order valence-electron chi connectivity index (χ1n) is 8.60. The highest BCUT2D eigenvalue weighted by molar-refractivity contribution is 9.10. The molecule has 0 aliphatic carbocycles. The van der Waals surface area contributed by atoms with Gasteiger partial charge in [-0.05, 0) is 46.1 Å². The van der Waals surface area contributed by atoms with Crippen molar-refractivity contribution in [1.29, 1.82) is 0 Å². The minimum absolute atomic E-state index is 0.226. The molecule has 1 N–H and O–H groups in total. The second kappa shape index (κ2) is 7.04. The number of nitrogens with one attached hydrogen (secondary N) is 1. The Labute approximate surface area is 165 Å². The number of amides is 1. The Bertz CT molecular complexity index is 1140. The number of carbonyl (C=O) groups excluding carboxylic acids is 1. The van der Waals surface area contributed by atoms with Crippen LogP contribution in [0.2, 0.25) is 0 Å². The van der Waals surface area contributed by atoms with Crippen molar-refractivity contribution in [2.24, 2.45) is 0 Å². The first-order valence-corrected chi connectivity index (χ1v) is 9.39. The molecule has 2 aromatic heterocycles. The molecule has 0 saturated carbocycles. The van der Waals surface area contributed by atoms with Gasteiger partial charge in [0.2, 0.25) is 0 Å². The van der Waals surface area contributed by atoms with Crippen LogP contribution in [0.4, 0.5) is 5.82 Å². The summed E-state index contributed by atoms with van der Waals surface area (Å²) in [6.45, 7) is 4.16. The first kappa shape index (κ1) is 17.5. The zero-order valence-corrected chi connectivity index (χ0v) is 16.6. The Kier molecular flexibility index (Phi) is 4.58. The Morgan fingerprint density at radius 2 is 1.89 bits per heavy atom. The van der Waals surface area contributed by atoms with Gasteiger partial charge in [-0.15, -0.1) is 0 Å². The van der Waals surface area contributed by atoms with E-state index in [-0.39, 0.29) is 5.91 Å². The van der Waals surface area contributed by atoms with Gasteiger partial charge in [-0.1, -0.05) is 42.5 Å². The zero-order chi connectivity index (χ0) is 19.0. The lowest BCUT2D eigenvalue weighted by Gasteiger charge is -2.11. The van der Waals surface area contributed by atoms with Crippen LogP contribution in [-0.2, 0) is 6.54 Å². The van der Waals surface area contributed by atoms with Crippen molar-refractivity contribution in [3.63, 3.8) is 0 Å². The number of rotatable bonds is 4. The van der Waals surface area contributed by atoms with Gasteiger partial charge in [0.15, 0.2) is 0 Å². The summed E-state index contributed by atoms with van der Waals surface area (Å²) in [5.74, 6) is 1.67. The van der Waals surface area contributed by atoms with E-state index in [9.17, 15) is 4.79 Å². The van der Waals surface area contributed by atoms with E-state index in [1.54, 1.807) is 23.9 Å². The third-order valence-electron chi connectivity index (χ3n) is 4.57. The minimum Gasteiger partial charge on any atom is -0.465 e. The van der Waals surface area contributed by atoms with Crippen LogP contribution in [0.1, 0.15) is 27.4 Å². The molecule has 6 heteroatoms. The highest BCUT2D eigenvalue weighted by Gasteiger charge is 2.21. The number of halogens is 1. The Hall–Kier alpha value is -2.86. The fraction of sp³-hybridized carbons (Fsp3) is 0.143. The van der Waals surface area contributed by atoms with E-state index in [0.717, 1.165) is 5.56 Å². The molecule has 0 atom stereocenters. The van der Waals surface area contributed by atoms with Crippen molar-refractivity contribution >= 4 is 38.4 Å². The van der Waals surface area contributed by atoms with Crippen molar-refractivity contribution in [3.05, 3.63) is 81.8 Å². The van der Waals surface area contributed by atoms with E-state index < -0.39 is 0 Å². The molecule has 0 spiro atoms. The molecule has 0 saturated heterocycles. The molecule has 27 heavy (non-hydrogen) atoms. The van der Waals surface area contributed by atoms with Crippen molar-refractivity contribution in [1.82, 2.24) is 9.78 Å². The number of anilines is 1. The highest BCUT2D eigenvalue weighted by Crippen LogP contribution is 2.28. The molecule has 2 heterocycles. The number of benzene rings is 2. The van der Waals surface area contributed by atoms with Crippen LogP contribution in [0.3, 0.4) is 0 Å². The molecule has 4 aromatic rings. The first-order chi connectivity index (χ1) is 13.0. The number of carbonyl (C=O) groups is 1. The van der Waals surface area contributed by atoms with Gasteiger partial charge in [-0.2, -0.15) is 5.10 Å². The summed E-state index contributed by atoms with van der Waals surface area (Å²) in [4.78, 5) is 12.7. The summed E-state index contributed by atoms with van der Waals surface area (Å²) in [5.41, 5.74) is 1.65. The molecule has 0 fully saturated rings. The molecule has 0 unspecified atom stereocenters. The van der Waals surface area contributed by atoms with Gasteiger partial charge in [-0.25, -0.2) is 4.68 Å². The Morgan fingerprint density at radius 1 is 1.11 bits per heavy atom. The minimum atomic E-state index is -0.226. The van der Waals surface area contributed by atoms with Crippen LogP contribution in [0.25, 0.3) is 10.8 Å². The van der Waals surface area contributed by atoms with Gasteiger partial charge >= 0.3 is 0 Å². The van der Waals surface area contributed by atoms with Crippen molar-refractivity contribution < 1.29 is 9.21 Å². The van der Waals surface area contributed by atoms with Crippen molar-refractivity contribution in [2.75, 3.05) is 5.32 Å². The van der Waals surface area contributed by atoms with E-state index in [1.165, 1.54) is 10.8 Å². The topological polar surface area (TPSA) is 60.1 Å². The average molecular weight is 424 g/mol. The fourth-order valence-electron chi connectivity index (χ4n) is 3.25. The van der Waals surface area contributed by atoms with Gasteiger partial charge in [0.1, 0.15) is 17.3 Å². The third-order valence-corrected chi connectivity index (χ3v) is 5.53. The molecular weight excluding hydrogens is 406 g/mol. The number of fused-ring (bicyclic) bond motifs is 1. The normalized spacial score (nSPS) is 11.1. The lowest BCUT2D eigenvalue weighted by molar-refractivity contribution is 0.102. The van der Waals surface area contributed by atoms with Crippen LogP contribution in [-0.4, -0.2) is 15.7 Å². The van der Waals surface area contributed by atoms with Gasteiger partial charge in [0.05, 0.1) is 22.8 Å². The number of aryl methyl sites for hydroxylation is 2. The lowest BCUT2D eigenvalue weighted by Crippen LogP contribution is -2.17. The number of hydrogen-bond acceptors (Lipinski definition) is 3. The number of aromatic nitrogens is 2. The molecule has 5 nitrogen and oxygen atoms in total. The predicted octanol–water partition coefficient (Wildman–Crippen LogP) is 5.31. The molecular formula is C21H18BrN3O2. The second-order valence-corrected chi connectivity index (χ2v) is 7.16. The molecule has 1 amide bonds. The molecule has 0 aliphatic heterocycles. The molecule has 2 aromatic carbocycles. The molecule has 0 radical (unpaired) electrons. The lowest BCUT2D eigenvalue weighted by atomic mass is 10.0. The zero-order valence-electron chi connectivity index (χ0n) is 15.0. The summed E-state index contributed by atoms with van der Waals surface area (Å²) in [6, 6.07) is 16.2. The van der Waals surface area contributed by atoms with E-state index in [2.05, 4.69) is 50.6 Å². The van der Waals surface area contributed by atoms with E-state index in [0.29, 0.717) is 33.9 Å². The van der Waals surface area contributed by atoms with Gasteiger partial charge in [0.25, 0.3) is 5.91 Å².